The zero-order valence-electron chi connectivity index (χ0n) is 23.1. The number of aliphatic hydroxyl groups excluding tert-OH is 1. The van der Waals surface area contributed by atoms with Gasteiger partial charge in [0, 0.05) is 47.5 Å². The third kappa shape index (κ3) is 4.73. The van der Waals surface area contributed by atoms with E-state index in [1.807, 2.05) is 24.3 Å². The molecule has 5 aromatic rings. The van der Waals surface area contributed by atoms with Crippen molar-refractivity contribution in [3.63, 3.8) is 0 Å². The number of likely N-dealkylation sites (tertiary alicyclic amines) is 1. The second-order valence-electron chi connectivity index (χ2n) is 10.1. The van der Waals surface area contributed by atoms with Gasteiger partial charge in [0.15, 0.2) is 11.4 Å². The van der Waals surface area contributed by atoms with E-state index in [0.717, 1.165) is 22.4 Å². The summed E-state index contributed by atoms with van der Waals surface area (Å²) in [4.78, 5) is 39.6. The number of nitrogens with zero attached hydrogens (tertiary/aromatic N) is 7. The summed E-state index contributed by atoms with van der Waals surface area (Å²) in [7, 11) is 1.56. The number of amides is 1. The summed E-state index contributed by atoms with van der Waals surface area (Å²) in [5.41, 5.74) is 11.8. The van der Waals surface area contributed by atoms with E-state index < -0.39 is 0 Å². The van der Waals surface area contributed by atoms with Crippen LogP contribution in [-0.4, -0.2) is 76.7 Å². The van der Waals surface area contributed by atoms with Gasteiger partial charge in [0.05, 0.1) is 36.9 Å². The summed E-state index contributed by atoms with van der Waals surface area (Å²) in [6.07, 6.45) is 6.00. The van der Waals surface area contributed by atoms with Crippen molar-refractivity contribution in [3.8, 4) is 28.1 Å². The molecule has 1 aliphatic rings. The smallest absolute Gasteiger partial charge is 0.291 e. The summed E-state index contributed by atoms with van der Waals surface area (Å²) < 4.78 is 6.79. The molecule has 1 saturated heterocycles. The maximum atomic E-state index is 12.8. The standard InChI is InChI=1S/C29H29N9O4/c1-16(40)24-25(17-7-9-37(10-8-17)29(41)27-32-15-33-36-27)35-28-21(13-34-38(28)26(24)30)19-3-5-22(31-12-19)18-4-6-23(42-2)20(11-18)14-39/h3-6,11-13,15,17,39H,7-10,14,30H2,1-2H3,(H,32,33,36). The highest BCUT2D eigenvalue weighted by atomic mass is 16.5. The quantitative estimate of drug-likeness (QED) is 0.248. The van der Waals surface area contributed by atoms with Crippen molar-refractivity contribution in [1.29, 1.82) is 0 Å². The Labute approximate surface area is 240 Å². The Morgan fingerprint density at radius 1 is 1.14 bits per heavy atom. The molecule has 0 aliphatic carbocycles. The van der Waals surface area contributed by atoms with E-state index in [2.05, 4.69) is 25.3 Å². The molecule has 6 rings (SSSR count). The topological polar surface area (TPSA) is 178 Å². The normalized spacial score (nSPS) is 13.9. The molecule has 0 atom stereocenters. The van der Waals surface area contributed by atoms with Gasteiger partial charge in [0.2, 0.25) is 5.82 Å². The van der Waals surface area contributed by atoms with E-state index in [1.165, 1.54) is 17.8 Å². The van der Waals surface area contributed by atoms with Crippen molar-refractivity contribution < 1.29 is 19.4 Å². The van der Waals surface area contributed by atoms with Crippen LogP contribution in [0.5, 0.6) is 5.75 Å². The first-order chi connectivity index (χ1) is 20.4. The van der Waals surface area contributed by atoms with Crippen LogP contribution in [0.1, 0.15) is 57.9 Å². The first kappa shape index (κ1) is 27.0. The zero-order valence-corrected chi connectivity index (χ0v) is 23.1. The monoisotopic (exact) mass is 567 g/mol. The number of Topliss-reactive ketones (excluding diaryl/α,β-unsaturated/α-hetero) is 1. The van der Waals surface area contributed by atoms with Crippen molar-refractivity contribution in [3.05, 3.63) is 71.7 Å². The number of aromatic amines is 1. The van der Waals surface area contributed by atoms with Crippen LogP contribution in [0.2, 0.25) is 0 Å². The largest absolute Gasteiger partial charge is 0.496 e. The summed E-state index contributed by atoms with van der Waals surface area (Å²) >= 11 is 0. The van der Waals surface area contributed by atoms with E-state index in [9.17, 15) is 14.7 Å². The Bertz CT molecular complexity index is 1770. The van der Waals surface area contributed by atoms with Crippen molar-refractivity contribution in [2.45, 2.75) is 32.3 Å². The van der Waals surface area contributed by atoms with Gasteiger partial charge in [0.25, 0.3) is 5.91 Å². The number of nitrogens with one attached hydrogen (secondary N) is 1. The summed E-state index contributed by atoms with van der Waals surface area (Å²) in [5.74, 6) is 0.563. The number of rotatable bonds is 7. The average molecular weight is 568 g/mol. The highest BCUT2D eigenvalue weighted by molar-refractivity contribution is 6.00. The number of fused-ring (bicyclic) bond motifs is 1. The Balaban J connectivity index is 1.32. The molecule has 1 amide bonds. The van der Waals surface area contributed by atoms with Crippen LogP contribution in [0.3, 0.4) is 0 Å². The van der Waals surface area contributed by atoms with Crippen molar-refractivity contribution >= 4 is 23.2 Å². The fraction of sp³-hybridized carbons (Fsp3) is 0.276. The number of nitrogens with two attached hydrogens (primary N) is 1. The van der Waals surface area contributed by atoms with Crippen LogP contribution in [-0.2, 0) is 6.61 Å². The van der Waals surface area contributed by atoms with Gasteiger partial charge in [-0.15, -0.1) is 10.2 Å². The van der Waals surface area contributed by atoms with Gasteiger partial charge in [-0.1, -0.05) is 6.07 Å². The minimum atomic E-state index is -0.211. The van der Waals surface area contributed by atoms with Gasteiger partial charge in [-0.3, -0.25) is 14.6 Å². The van der Waals surface area contributed by atoms with E-state index >= 15 is 0 Å². The molecule has 13 heteroatoms. The zero-order chi connectivity index (χ0) is 29.4. The van der Waals surface area contributed by atoms with E-state index in [1.54, 1.807) is 30.5 Å². The number of piperidine rings is 1. The molecule has 0 unspecified atom stereocenters. The van der Waals surface area contributed by atoms with Gasteiger partial charge in [0.1, 0.15) is 17.9 Å². The summed E-state index contributed by atoms with van der Waals surface area (Å²) in [6.45, 7) is 2.29. The van der Waals surface area contributed by atoms with Gasteiger partial charge in [-0.25, -0.2) is 4.98 Å². The fourth-order valence-electron chi connectivity index (χ4n) is 5.49. The predicted octanol–water partition coefficient (Wildman–Crippen LogP) is 2.88. The molecule has 0 spiro atoms. The molecule has 0 radical (unpaired) electrons. The Morgan fingerprint density at radius 3 is 2.57 bits per heavy atom. The number of hydrogen-bond donors (Lipinski definition) is 3. The number of benzene rings is 1. The number of ketones is 1. The molecule has 4 N–H and O–H groups in total. The molecular weight excluding hydrogens is 538 g/mol. The van der Waals surface area contributed by atoms with Gasteiger partial charge in [-0.05, 0) is 44.0 Å². The first-order valence-corrected chi connectivity index (χ1v) is 13.5. The molecule has 42 heavy (non-hydrogen) atoms. The number of pyridine rings is 1. The molecule has 1 fully saturated rings. The number of anilines is 1. The van der Waals surface area contributed by atoms with Crippen molar-refractivity contribution in [2.75, 3.05) is 25.9 Å². The Kier molecular flexibility index (Phi) is 7.08. The number of carbonyl (C=O) groups is 2. The molecule has 1 aromatic carbocycles. The molecular formula is C29H29N9O4. The second-order valence-corrected chi connectivity index (χ2v) is 10.1. The van der Waals surface area contributed by atoms with Crippen LogP contribution in [0.15, 0.2) is 49.1 Å². The minimum Gasteiger partial charge on any atom is -0.496 e. The number of carbonyl (C=O) groups excluding carboxylic acids is 2. The van der Waals surface area contributed by atoms with Crippen LogP contribution >= 0.6 is 0 Å². The van der Waals surface area contributed by atoms with Gasteiger partial charge in [-0.2, -0.15) is 9.61 Å². The fourth-order valence-corrected chi connectivity index (χ4v) is 5.49. The minimum absolute atomic E-state index is 0.0750. The van der Waals surface area contributed by atoms with Crippen LogP contribution < -0.4 is 10.5 Å². The van der Waals surface area contributed by atoms with Crippen molar-refractivity contribution in [2.24, 2.45) is 0 Å². The van der Waals surface area contributed by atoms with Crippen LogP contribution in [0, 0.1) is 0 Å². The lowest BCUT2D eigenvalue weighted by molar-refractivity contribution is 0.0699. The predicted molar refractivity (Wildman–Crippen MR) is 153 cm³/mol. The Morgan fingerprint density at radius 2 is 1.93 bits per heavy atom. The third-order valence-electron chi connectivity index (χ3n) is 7.67. The van der Waals surface area contributed by atoms with Crippen LogP contribution in [0.4, 0.5) is 5.82 Å². The molecule has 0 saturated carbocycles. The number of aliphatic hydroxyl groups is 1. The Hall–Kier alpha value is -5.17. The van der Waals surface area contributed by atoms with Gasteiger partial charge < -0.3 is 25.5 Å². The third-order valence-corrected chi connectivity index (χ3v) is 7.67. The average Bonchev–Trinajstić information content (AvgIpc) is 3.71. The lowest BCUT2D eigenvalue weighted by atomic mass is 9.89. The molecule has 4 aromatic heterocycles. The number of aromatic nitrogens is 7. The summed E-state index contributed by atoms with van der Waals surface area (Å²) in [6, 6.07) is 9.34. The molecule has 13 nitrogen and oxygen atoms in total. The molecule has 1 aliphatic heterocycles. The lowest BCUT2D eigenvalue weighted by Crippen LogP contribution is -2.39. The van der Waals surface area contributed by atoms with Crippen LogP contribution in [0.25, 0.3) is 28.0 Å². The maximum absolute atomic E-state index is 12.8. The molecule has 214 valence electrons. The van der Waals surface area contributed by atoms with Crippen molar-refractivity contribution in [1.82, 2.24) is 39.7 Å². The number of H-pyrrole nitrogens is 1. The second kappa shape index (κ2) is 11.0. The lowest BCUT2D eigenvalue weighted by Gasteiger charge is -2.32. The van der Waals surface area contributed by atoms with E-state index in [-0.39, 0.29) is 35.9 Å². The number of nitrogen functional groups attached to an aromatic ring is 1. The molecule has 5 heterocycles. The number of hydrogen-bond acceptors (Lipinski definition) is 10. The highest BCUT2D eigenvalue weighted by Crippen LogP contribution is 2.35. The SMILES string of the molecule is COc1ccc(-c2ccc(-c3cnn4c(N)c(C(C)=O)c(C5CCN(C(=O)c6nnc[nH]6)CC5)nc34)cn2)cc1CO. The number of ether oxygens (including phenoxy) is 1. The summed E-state index contributed by atoms with van der Waals surface area (Å²) in [5, 5.41) is 21.6. The van der Waals surface area contributed by atoms with Gasteiger partial charge >= 0.3 is 0 Å². The highest BCUT2D eigenvalue weighted by Gasteiger charge is 2.31. The maximum Gasteiger partial charge on any atom is 0.291 e. The van der Waals surface area contributed by atoms with E-state index in [4.69, 9.17) is 15.5 Å². The van der Waals surface area contributed by atoms with E-state index in [0.29, 0.717) is 54.1 Å². The first-order valence-electron chi connectivity index (χ1n) is 13.5. The number of methoxy groups -OCH3 is 1. The molecule has 0 bridgehead atoms.